The molecular weight excluding hydrogens is 250 g/mol. The maximum Gasteiger partial charge on any atom is 0.238 e. The van der Waals surface area contributed by atoms with E-state index in [4.69, 9.17) is 0 Å². The van der Waals surface area contributed by atoms with Crippen molar-refractivity contribution in [3.8, 4) is 0 Å². The molecule has 1 fully saturated rings. The molecule has 0 aliphatic carbocycles. The summed E-state index contributed by atoms with van der Waals surface area (Å²) in [5.41, 5.74) is 2.15. The smallest absolute Gasteiger partial charge is 0.238 e. The van der Waals surface area contributed by atoms with E-state index in [0.29, 0.717) is 6.54 Å². The van der Waals surface area contributed by atoms with Crippen LogP contribution in [-0.4, -0.2) is 55.0 Å². The molecule has 2 rings (SSSR count). The molecular formula is C16H25N3O. The van der Waals surface area contributed by atoms with Gasteiger partial charge in [-0.1, -0.05) is 26.0 Å². The van der Waals surface area contributed by atoms with Crippen LogP contribution in [0.1, 0.15) is 19.4 Å². The van der Waals surface area contributed by atoms with E-state index in [1.807, 2.05) is 18.2 Å². The molecule has 1 aliphatic heterocycles. The Hall–Kier alpha value is -1.39. The minimum absolute atomic E-state index is 0.0863. The van der Waals surface area contributed by atoms with Crippen molar-refractivity contribution >= 4 is 11.6 Å². The van der Waals surface area contributed by atoms with Gasteiger partial charge in [-0.05, 0) is 30.7 Å². The lowest BCUT2D eigenvalue weighted by atomic mass is 10.1. The van der Waals surface area contributed by atoms with Gasteiger partial charge in [-0.15, -0.1) is 0 Å². The number of hydrogen-bond acceptors (Lipinski definition) is 3. The van der Waals surface area contributed by atoms with E-state index in [-0.39, 0.29) is 5.91 Å². The highest BCUT2D eigenvalue weighted by atomic mass is 16.2. The molecule has 1 amide bonds. The highest BCUT2D eigenvalue weighted by Gasteiger charge is 2.17. The largest absolute Gasteiger partial charge is 0.325 e. The quantitative estimate of drug-likeness (QED) is 0.890. The highest BCUT2D eigenvalue weighted by molar-refractivity contribution is 5.92. The van der Waals surface area contributed by atoms with Crippen molar-refractivity contribution in [2.45, 2.75) is 20.3 Å². The minimum atomic E-state index is 0.0863. The number of nitrogens with one attached hydrogen (secondary N) is 1. The second-order valence-corrected chi connectivity index (χ2v) is 5.31. The maximum absolute atomic E-state index is 12.1. The molecule has 0 saturated carbocycles. The van der Waals surface area contributed by atoms with Crippen molar-refractivity contribution < 1.29 is 4.79 Å². The van der Waals surface area contributed by atoms with Crippen molar-refractivity contribution in [2.75, 3.05) is 44.6 Å². The summed E-state index contributed by atoms with van der Waals surface area (Å²) < 4.78 is 0. The number of rotatable bonds is 5. The standard InChI is InChI=1S/C16H25N3O/c1-3-14-6-5-7-15(12-14)17-16(20)13-19-10-8-18(4-2)9-11-19/h5-7,12H,3-4,8-11,13H2,1-2H3,(H,17,20). The number of piperazine rings is 1. The lowest BCUT2D eigenvalue weighted by molar-refractivity contribution is -0.117. The molecule has 0 spiro atoms. The Labute approximate surface area is 121 Å². The molecule has 1 aromatic carbocycles. The second-order valence-electron chi connectivity index (χ2n) is 5.31. The van der Waals surface area contributed by atoms with E-state index in [9.17, 15) is 4.79 Å². The number of likely N-dealkylation sites (N-methyl/N-ethyl adjacent to an activating group) is 1. The molecule has 4 nitrogen and oxygen atoms in total. The molecule has 1 heterocycles. The summed E-state index contributed by atoms with van der Waals surface area (Å²) in [4.78, 5) is 16.7. The van der Waals surface area contributed by atoms with Crippen LogP contribution >= 0.6 is 0 Å². The fourth-order valence-corrected chi connectivity index (χ4v) is 2.54. The van der Waals surface area contributed by atoms with E-state index in [2.05, 4.69) is 35.0 Å². The van der Waals surface area contributed by atoms with Gasteiger partial charge in [0.2, 0.25) is 5.91 Å². The van der Waals surface area contributed by atoms with E-state index >= 15 is 0 Å². The van der Waals surface area contributed by atoms with Gasteiger partial charge in [-0.2, -0.15) is 0 Å². The van der Waals surface area contributed by atoms with Crippen LogP contribution in [-0.2, 0) is 11.2 Å². The number of anilines is 1. The zero-order chi connectivity index (χ0) is 14.4. The second kappa shape index (κ2) is 7.41. The Balaban J connectivity index is 1.80. The normalized spacial score (nSPS) is 17.1. The molecule has 1 aromatic rings. The summed E-state index contributed by atoms with van der Waals surface area (Å²) in [5, 5.41) is 2.99. The Morgan fingerprint density at radius 1 is 1.15 bits per heavy atom. The monoisotopic (exact) mass is 275 g/mol. The Kier molecular flexibility index (Phi) is 5.56. The number of amides is 1. The van der Waals surface area contributed by atoms with Crippen molar-refractivity contribution in [1.29, 1.82) is 0 Å². The van der Waals surface area contributed by atoms with Crippen LogP contribution in [0.5, 0.6) is 0 Å². The highest BCUT2D eigenvalue weighted by Crippen LogP contribution is 2.11. The van der Waals surface area contributed by atoms with Crippen molar-refractivity contribution in [1.82, 2.24) is 9.80 Å². The Morgan fingerprint density at radius 3 is 2.50 bits per heavy atom. The minimum Gasteiger partial charge on any atom is -0.325 e. The van der Waals surface area contributed by atoms with E-state index in [0.717, 1.165) is 44.8 Å². The van der Waals surface area contributed by atoms with E-state index < -0.39 is 0 Å². The first-order valence-corrected chi connectivity index (χ1v) is 7.54. The third kappa shape index (κ3) is 4.32. The maximum atomic E-state index is 12.1. The summed E-state index contributed by atoms with van der Waals surface area (Å²) >= 11 is 0. The van der Waals surface area contributed by atoms with Gasteiger partial charge in [-0.3, -0.25) is 9.69 Å². The molecule has 0 atom stereocenters. The molecule has 1 saturated heterocycles. The van der Waals surface area contributed by atoms with Gasteiger partial charge in [0.15, 0.2) is 0 Å². The number of nitrogens with zero attached hydrogens (tertiary/aromatic N) is 2. The summed E-state index contributed by atoms with van der Waals surface area (Å²) in [6.45, 7) is 9.99. The topological polar surface area (TPSA) is 35.6 Å². The molecule has 0 bridgehead atoms. The van der Waals surface area contributed by atoms with Gasteiger partial charge in [0.25, 0.3) is 0 Å². The average Bonchev–Trinajstić information content (AvgIpc) is 2.48. The van der Waals surface area contributed by atoms with Crippen molar-refractivity contribution in [2.24, 2.45) is 0 Å². The molecule has 0 radical (unpaired) electrons. The molecule has 1 aliphatic rings. The zero-order valence-corrected chi connectivity index (χ0v) is 12.6. The fraction of sp³-hybridized carbons (Fsp3) is 0.562. The van der Waals surface area contributed by atoms with Crippen LogP contribution < -0.4 is 5.32 Å². The summed E-state index contributed by atoms with van der Waals surface area (Å²) in [7, 11) is 0. The SMILES string of the molecule is CCc1cccc(NC(=O)CN2CCN(CC)CC2)c1. The van der Waals surface area contributed by atoms with Gasteiger partial charge < -0.3 is 10.2 Å². The number of carbonyl (C=O) groups excluding carboxylic acids is 1. The molecule has 4 heteroatoms. The molecule has 110 valence electrons. The summed E-state index contributed by atoms with van der Waals surface area (Å²) in [5.74, 6) is 0.0863. The number of carbonyl (C=O) groups is 1. The van der Waals surface area contributed by atoms with Gasteiger partial charge in [-0.25, -0.2) is 0 Å². The molecule has 0 aromatic heterocycles. The van der Waals surface area contributed by atoms with Crippen LogP contribution in [0, 0.1) is 0 Å². The lowest BCUT2D eigenvalue weighted by Crippen LogP contribution is -2.48. The first kappa shape index (κ1) is 15.0. The Morgan fingerprint density at radius 2 is 1.85 bits per heavy atom. The Bertz CT molecular complexity index is 439. The van der Waals surface area contributed by atoms with Crippen LogP contribution in [0.2, 0.25) is 0 Å². The summed E-state index contributed by atoms with van der Waals surface area (Å²) in [6.07, 6.45) is 0.989. The number of benzene rings is 1. The number of aryl methyl sites for hydroxylation is 1. The van der Waals surface area contributed by atoms with Crippen molar-refractivity contribution in [3.05, 3.63) is 29.8 Å². The number of hydrogen-bond donors (Lipinski definition) is 1. The average molecular weight is 275 g/mol. The molecule has 20 heavy (non-hydrogen) atoms. The van der Waals surface area contributed by atoms with Gasteiger partial charge in [0.1, 0.15) is 0 Å². The predicted molar refractivity (Wildman–Crippen MR) is 83.0 cm³/mol. The van der Waals surface area contributed by atoms with Crippen LogP contribution in [0.15, 0.2) is 24.3 Å². The molecule has 0 unspecified atom stereocenters. The lowest BCUT2D eigenvalue weighted by Gasteiger charge is -2.33. The van der Waals surface area contributed by atoms with Crippen LogP contribution in [0.3, 0.4) is 0 Å². The molecule has 1 N–H and O–H groups in total. The predicted octanol–water partition coefficient (Wildman–Crippen LogP) is 1.82. The third-order valence-corrected chi connectivity index (χ3v) is 3.90. The third-order valence-electron chi connectivity index (χ3n) is 3.90. The zero-order valence-electron chi connectivity index (χ0n) is 12.6. The van der Waals surface area contributed by atoms with Crippen LogP contribution in [0.4, 0.5) is 5.69 Å². The van der Waals surface area contributed by atoms with Crippen molar-refractivity contribution in [3.63, 3.8) is 0 Å². The first-order chi connectivity index (χ1) is 9.71. The first-order valence-electron chi connectivity index (χ1n) is 7.54. The van der Waals surface area contributed by atoms with Gasteiger partial charge in [0, 0.05) is 31.9 Å². The van der Waals surface area contributed by atoms with Gasteiger partial charge in [0.05, 0.1) is 6.54 Å². The van der Waals surface area contributed by atoms with E-state index in [1.165, 1.54) is 5.56 Å². The van der Waals surface area contributed by atoms with E-state index in [1.54, 1.807) is 0 Å². The van der Waals surface area contributed by atoms with Crippen LogP contribution in [0.25, 0.3) is 0 Å². The summed E-state index contributed by atoms with van der Waals surface area (Å²) in [6, 6.07) is 8.08. The van der Waals surface area contributed by atoms with Gasteiger partial charge >= 0.3 is 0 Å². The fourth-order valence-electron chi connectivity index (χ4n) is 2.54.